The Balaban J connectivity index is 2.44. The van der Waals surface area contributed by atoms with Crippen molar-refractivity contribution in [2.45, 2.75) is 19.9 Å². The summed E-state index contributed by atoms with van der Waals surface area (Å²) < 4.78 is 6.49. The average molecular weight is 226 g/mol. The predicted octanol–water partition coefficient (Wildman–Crippen LogP) is 0.275. The second-order valence-electron chi connectivity index (χ2n) is 3.85. The first-order chi connectivity index (χ1) is 7.56. The Morgan fingerprint density at radius 3 is 2.81 bits per heavy atom. The summed E-state index contributed by atoms with van der Waals surface area (Å²) in [6, 6.07) is 0.0552. The maximum atomic E-state index is 11.2. The van der Waals surface area contributed by atoms with Crippen LogP contribution in [0.2, 0.25) is 0 Å². The molecule has 2 atom stereocenters. The third kappa shape index (κ3) is 3.03. The molecule has 0 fully saturated rings. The number of nitrogens with zero attached hydrogens (tertiary/aromatic N) is 3. The van der Waals surface area contributed by atoms with Crippen LogP contribution in [0.5, 0.6) is 0 Å². The number of methoxy groups -OCH3 is 1. The number of carbonyl (C=O) groups excluding carboxylic acids is 1. The lowest BCUT2D eigenvalue weighted by Crippen LogP contribution is -2.30. The standard InChI is InChI=1S/C10H18N4O2/c1-7(10(15)16-4)5-11-8(2)9-13-12-6-14(9)3/h6-8,11H,5H2,1-4H3. The Hall–Kier alpha value is -1.43. The van der Waals surface area contributed by atoms with Crippen LogP contribution in [0.3, 0.4) is 0 Å². The number of hydrogen-bond acceptors (Lipinski definition) is 5. The lowest BCUT2D eigenvalue weighted by atomic mass is 10.1. The van der Waals surface area contributed by atoms with Gasteiger partial charge < -0.3 is 14.6 Å². The largest absolute Gasteiger partial charge is 0.469 e. The van der Waals surface area contributed by atoms with Gasteiger partial charge >= 0.3 is 5.97 Å². The highest BCUT2D eigenvalue weighted by atomic mass is 16.5. The summed E-state index contributed by atoms with van der Waals surface area (Å²) in [6.45, 7) is 4.36. The number of esters is 1. The van der Waals surface area contributed by atoms with Gasteiger partial charge in [-0.2, -0.15) is 0 Å². The Morgan fingerprint density at radius 2 is 2.31 bits per heavy atom. The smallest absolute Gasteiger partial charge is 0.309 e. The van der Waals surface area contributed by atoms with E-state index in [2.05, 4.69) is 20.3 Å². The lowest BCUT2D eigenvalue weighted by molar-refractivity contribution is -0.144. The predicted molar refractivity (Wildman–Crippen MR) is 58.6 cm³/mol. The number of aryl methyl sites for hydroxylation is 1. The Labute approximate surface area is 95.0 Å². The van der Waals surface area contributed by atoms with Crippen LogP contribution in [0.15, 0.2) is 6.33 Å². The van der Waals surface area contributed by atoms with E-state index in [9.17, 15) is 4.79 Å². The van der Waals surface area contributed by atoms with E-state index in [1.54, 1.807) is 6.33 Å². The van der Waals surface area contributed by atoms with Crippen LogP contribution in [-0.2, 0) is 16.6 Å². The van der Waals surface area contributed by atoms with Gasteiger partial charge in [-0.3, -0.25) is 4.79 Å². The molecule has 0 radical (unpaired) electrons. The monoisotopic (exact) mass is 226 g/mol. The fraction of sp³-hybridized carbons (Fsp3) is 0.700. The second kappa shape index (κ2) is 5.60. The Bertz CT molecular complexity index is 350. The van der Waals surface area contributed by atoms with Crippen molar-refractivity contribution < 1.29 is 9.53 Å². The van der Waals surface area contributed by atoms with Crippen LogP contribution in [0.1, 0.15) is 25.7 Å². The molecule has 0 aromatic carbocycles. The van der Waals surface area contributed by atoms with Crippen molar-refractivity contribution in [1.82, 2.24) is 20.1 Å². The van der Waals surface area contributed by atoms with Gasteiger partial charge in [0.25, 0.3) is 0 Å². The second-order valence-corrected chi connectivity index (χ2v) is 3.85. The van der Waals surface area contributed by atoms with Crippen molar-refractivity contribution in [3.05, 3.63) is 12.2 Å². The van der Waals surface area contributed by atoms with Gasteiger partial charge in [0, 0.05) is 13.6 Å². The van der Waals surface area contributed by atoms with Gasteiger partial charge in [0.2, 0.25) is 0 Å². The van der Waals surface area contributed by atoms with Gasteiger partial charge in [-0.25, -0.2) is 0 Å². The van der Waals surface area contributed by atoms with Crippen molar-refractivity contribution in [2.75, 3.05) is 13.7 Å². The van der Waals surface area contributed by atoms with E-state index in [-0.39, 0.29) is 17.9 Å². The summed E-state index contributed by atoms with van der Waals surface area (Å²) in [4.78, 5) is 11.2. The quantitative estimate of drug-likeness (QED) is 0.730. The third-order valence-electron chi connectivity index (χ3n) is 2.47. The Kier molecular flexibility index (Phi) is 4.42. The average Bonchev–Trinajstić information content (AvgIpc) is 2.70. The van der Waals surface area contributed by atoms with E-state index in [0.717, 1.165) is 5.82 Å². The molecule has 16 heavy (non-hydrogen) atoms. The number of hydrogen-bond donors (Lipinski definition) is 1. The summed E-state index contributed by atoms with van der Waals surface area (Å²) in [7, 11) is 3.28. The van der Waals surface area contributed by atoms with Crippen LogP contribution in [0.25, 0.3) is 0 Å². The fourth-order valence-corrected chi connectivity index (χ4v) is 1.41. The molecule has 0 saturated heterocycles. The number of rotatable bonds is 5. The molecule has 1 N–H and O–H groups in total. The van der Waals surface area contributed by atoms with Crippen molar-refractivity contribution in [1.29, 1.82) is 0 Å². The summed E-state index contributed by atoms with van der Waals surface area (Å²) in [5.41, 5.74) is 0. The zero-order chi connectivity index (χ0) is 12.1. The fourth-order valence-electron chi connectivity index (χ4n) is 1.41. The van der Waals surface area contributed by atoms with Gasteiger partial charge in [-0.15, -0.1) is 10.2 Å². The molecule has 0 saturated carbocycles. The molecular formula is C10H18N4O2. The normalized spacial score (nSPS) is 14.5. The maximum Gasteiger partial charge on any atom is 0.309 e. The molecule has 0 aliphatic rings. The van der Waals surface area contributed by atoms with Crippen molar-refractivity contribution in [3.63, 3.8) is 0 Å². The summed E-state index contributed by atoms with van der Waals surface area (Å²) >= 11 is 0. The van der Waals surface area contributed by atoms with Crippen molar-refractivity contribution in [3.8, 4) is 0 Å². The van der Waals surface area contributed by atoms with E-state index in [1.807, 2.05) is 25.5 Å². The molecule has 0 aliphatic heterocycles. The Morgan fingerprint density at radius 1 is 1.62 bits per heavy atom. The van der Waals surface area contributed by atoms with E-state index in [4.69, 9.17) is 0 Å². The maximum absolute atomic E-state index is 11.2. The van der Waals surface area contributed by atoms with Gasteiger partial charge in [-0.05, 0) is 6.92 Å². The lowest BCUT2D eigenvalue weighted by Gasteiger charge is -2.15. The van der Waals surface area contributed by atoms with Crippen LogP contribution < -0.4 is 5.32 Å². The number of aromatic nitrogens is 3. The number of nitrogens with one attached hydrogen (secondary N) is 1. The SMILES string of the molecule is COC(=O)C(C)CNC(C)c1nncn1C. The molecule has 0 amide bonds. The van der Waals surface area contributed by atoms with E-state index in [1.165, 1.54) is 7.11 Å². The topological polar surface area (TPSA) is 69.0 Å². The molecule has 6 heteroatoms. The minimum Gasteiger partial charge on any atom is -0.469 e. The first-order valence-electron chi connectivity index (χ1n) is 5.21. The molecule has 90 valence electrons. The van der Waals surface area contributed by atoms with Crippen LogP contribution in [0.4, 0.5) is 0 Å². The van der Waals surface area contributed by atoms with E-state index >= 15 is 0 Å². The van der Waals surface area contributed by atoms with Crippen LogP contribution in [0, 0.1) is 5.92 Å². The van der Waals surface area contributed by atoms with Gasteiger partial charge in [0.15, 0.2) is 0 Å². The summed E-state index contributed by atoms with van der Waals surface area (Å²) in [5, 5.41) is 11.0. The number of ether oxygens (including phenoxy) is 1. The minimum atomic E-state index is -0.210. The van der Waals surface area contributed by atoms with Crippen molar-refractivity contribution >= 4 is 5.97 Å². The van der Waals surface area contributed by atoms with Crippen molar-refractivity contribution in [2.24, 2.45) is 13.0 Å². The highest BCUT2D eigenvalue weighted by Crippen LogP contribution is 2.08. The molecule has 6 nitrogen and oxygen atoms in total. The number of carbonyl (C=O) groups is 1. The zero-order valence-corrected chi connectivity index (χ0v) is 10.1. The molecule has 1 aromatic heterocycles. The highest BCUT2D eigenvalue weighted by molar-refractivity contribution is 5.72. The summed E-state index contributed by atoms with van der Waals surface area (Å²) in [5.74, 6) is 0.468. The van der Waals surface area contributed by atoms with Gasteiger partial charge in [0.1, 0.15) is 12.2 Å². The molecule has 1 rings (SSSR count). The summed E-state index contributed by atoms with van der Waals surface area (Å²) in [6.07, 6.45) is 1.65. The molecule has 0 aliphatic carbocycles. The van der Waals surface area contributed by atoms with E-state index in [0.29, 0.717) is 6.54 Å². The molecule has 1 heterocycles. The zero-order valence-electron chi connectivity index (χ0n) is 10.1. The minimum absolute atomic E-state index is 0.0552. The van der Waals surface area contributed by atoms with E-state index < -0.39 is 0 Å². The third-order valence-corrected chi connectivity index (χ3v) is 2.47. The molecule has 0 bridgehead atoms. The van der Waals surface area contributed by atoms with Crippen LogP contribution >= 0.6 is 0 Å². The van der Waals surface area contributed by atoms with Crippen LogP contribution in [-0.4, -0.2) is 34.4 Å². The van der Waals surface area contributed by atoms with Gasteiger partial charge in [0.05, 0.1) is 19.1 Å². The first kappa shape index (κ1) is 12.6. The molecular weight excluding hydrogens is 208 g/mol. The molecule has 1 aromatic rings. The molecule has 2 unspecified atom stereocenters. The van der Waals surface area contributed by atoms with Gasteiger partial charge in [-0.1, -0.05) is 6.92 Å². The first-order valence-corrected chi connectivity index (χ1v) is 5.21. The highest BCUT2D eigenvalue weighted by Gasteiger charge is 2.16. The molecule has 0 spiro atoms.